The fraction of sp³-hybridized carbons (Fsp3) is 0.588. The molecule has 0 saturated heterocycles. The number of urea groups is 1. The molecule has 0 radical (unpaired) electrons. The molecule has 0 aliphatic heterocycles. The Bertz CT molecular complexity index is 490. The van der Waals surface area contributed by atoms with Gasteiger partial charge in [0.05, 0.1) is 6.10 Å². The summed E-state index contributed by atoms with van der Waals surface area (Å²) in [6.07, 6.45) is 6.25. The number of rotatable bonds is 6. The highest BCUT2D eigenvalue weighted by molar-refractivity contribution is 9.10. The fourth-order valence-corrected chi connectivity index (χ4v) is 3.53. The summed E-state index contributed by atoms with van der Waals surface area (Å²) in [7, 11) is 0. The number of hydrogen-bond acceptors (Lipinski definition) is 2. The van der Waals surface area contributed by atoms with Gasteiger partial charge in [0.2, 0.25) is 0 Å². The molecule has 1 fully saturated rings. The summed E-state index contributed by atoms with van der Waals surface area (Å²) < 4.78 is 6.80. The topological polar surface area (TPSA) is 50.4 Å². The van der Waals surface area contributed by atoms with E-state index in [0.717, 1.165) is 34.3 Å². The maximum Gasteiger partial charge on any atom is 0.319 e. The van der Waals surface area contributed by atoms with Crippen LogP contribution in [0.4, 0.5) is 10.5 Å². The molecule has 0 heterocycles. The zero-order valence-corrected chi connectivity index (χ0v) is 15.0. The lowest BCUT2D eigenvalue weighted by atomic mass is 10.1. The van der Waals surface area contributed by atoms with Crippen LogP contribution in [0.3, 0.4) is 0 Å². The van der Waals surface area contributed by atoms with Crippen molar-refractivity contribution in [1.29, 1.82) is 0 Å². The predicted octanol–water partition coefficient (Wildman–Crippen LogP) is 4.54. The first-order valence-corrected chi connectivity index (χ1v) is 8.79. The Labute approximate surface area is 141 Å². The van der Waals surface area contributed by atoms with E-state index in [1.54, 1.807) is 0 Å². The first-order chi connectivity index (χ1) is 10.6. The molecule has 0 atom stereocenters. The van der Waals surface area contributed by atoms with Gasteiger partial charge in [-0.2, -0.15) is 0 Å². The highest BCUT2D eigenvalue weighted by atomic mass is 79.9. The van der Waals surface area contributed by atoms with Gasteiger partial charge in [0.15, 0.2) is 0 Å². The second-order valence-electron chi connectivity index (χ2n) is 5.93. The van der Waals surface area contributed by atoms with E-state index in [2.05, 4.69) is 26.6 Å². The van der Waals surface area contributed by atoms with Crippen LogP contribution in [0.15, 0.2) is 16.6 Å². The largest absolute Gasteiger partial charge is 0.378 e. The lowest BCUT2D eigenvalue weighted by Gasteiger charge is -2.14. The number of hydrogen-bond donors (Lipinski definition) is 2. The van der Waals surface area contributed by atoms with Crippen LogP contribution >= 0.6 is 15.9 Å². The fourth-order valence-electron chi connectivity index (χ4n) is 2.84. The number of aryl methyl sites for hydroxylation is 2. The van der Waals surface area contributed by atoms with Crippen molar-refractivity contribution in [3.8, 4) is 0 Å². The van der Waals surface area contributed by atoms with E-state index in [1.807, 2.05) is 26.0 Å². The number of carbonyl (C=O) groups is 1. The molecule has 2 amide bonds. The number of amides is 2. The van der Waals surface area contributed by atoms with Crippen LogP contribution < -0.4 is 10.6 Å². The smallest absolute Gasteiger partial charge is 0.319 e. The number of anilines is 1. The molecule has 22 heavy (non-hydrogen) atoms. The van der Waals surface area contributed by atoms with Crippen LogP contribution in [0.1, 0.15) is 43.2 Å². The maximum atomic E-state index is 11.9. The number of benzene rings is 1. The number of ether oxygens (including phenoxy) is 1. The highest BCUT2D eigenvalue weighted by Gasteiger charge is 2.14. The molecule has 0 unspecified atom stereocenters. The van der Waals surface area contributed by atoms with Crippen molar-refractivity contribution in [2.75, 3.05) is 18.5 Å². The first-order valence-electron chi connectivity index (χ1n) is 7.99. The third-order valence-corrected chi connectivity index (χ3v) is 4.46. The summed E-state index contributed by atoms with van der Waals surface area (Å²) in [5.41, 5.74) is 2.97. The Hall–Kier alpha value is -1.07. The van der Waals surface area contributed by atoms with Gasteiger partial charge < -0.3 is 15.4 Å². The molecular weight excluding hydrogens is 344 g/mol. The van der Waals surface area contributed by atoms with Gasteiger partial charge in [-0.3, -0.25) is 0 Å². The second kappa shape index (κ2) is 8.53. The van der Waals surface area contributed by atoms with Crippen LogP contribution in [0.5, 0.6) is 0 Å². The molecule has 1 aromatic rings. The van der Waals surface area contributed by atoms with E-state index >= 15 is 0 Å². The van der Waals surface area contributed by atoms with Gasteiger partial charge in [-0.05, 0) is 56.4 Å². The summed E-state index contributed by atoms with van der Waals surface area (Å²) in [6, 6.07) is 3.84. The van der Waals surface area contributed by atoms with Gasteiger partial charge in [0.1, 0.15) is 0 Å². The quantitative estimate of drug-likeness (QED) is 0.724. The molecule has 1 aromatic carbocycles. The summed E-state index contributed by atoms with van der Waals surface area (Å²) in [5.74, 6) is 0. The molecule has 0 bridgehead atoms. The van der Waals surface area contributed by atoms with Gasteiger partial charge in [0, 0.05) is 23.3 Å². The van der Waals surface area contributed by atoms with E-state index in [0.29, 0.717) is 12.6 Å². The van der Waals surface area contributed by atoms with Gasteiger partial charge >= 0.3 is 6.03 Å². The number of halogens is 1. The molecule has 0 aromatic heterocycles. The Morgan fingerprint density at radius 1 is 1.27 bits per heavy atom. The molecular formula is C17H25BrN2O2. The van der Waals surface area contributed by atoms with E-state index in [4.69, 9.17) is 4.74 Å². The van der Waals surface area contributed by atoms with Crippen LogP contribution in [-0.2, 0) is 4.74 Å². The van der Waals surface area contributed by atoms with Gasteiger partial charge in [-0.1, -0.05) is 28.8 Å². The Morgan fingerprint density at radius 3 is 2.55 bits per heavy atom. The van der Waals surface area contributed by atoms with Crippen molar-refractivity contribution >= 4 is 27.6 Å². The van der Waals surface area contributed by atoms with Crippen molar-refractivity contribution in [2.24, 2.45) is 0 Å². The highest BCUT2D eigenvalue weighted by Crippen LogP contribution is 2.25. The maximum absolute atomic E-state index is 11.9. The third-order valence-electron chi connectivity index (χ3n) is 4.00. The summed E-state index contributed by atoms with van der Waals surface area (Å²) in [5, 5.41) is 5.81. The number of nitrogens with one attached hydrogen (secondary N) is 2. The van der Waals surface area contributed by atoms with E-state index < -0.39 is 0 Å². The van der Waals surface area contributed by atoms with E-state index in [1.165, 1.54) is 25.7 Å². The zero-order valence-electron chi connectivity index (χ0n) is 13.4. The summed E-state index contributed by atoms with van der Waals surface area (Å²) >= 11 is 3.46. The Morgan fingerprint density at radius 2 is 1.91 bits per heavy atom. The zero-order chi connectivity index (χ0) is 15.9. The van der Waals surface area contributed by atoms with Crippen LogP contribution in [0.2, 0.25) is 0 Å². The summed E-state index contributed by atoms with van der Waals surface area (Å²) in [6.45, 7) is 5.33. The van der Waals surface area contributed by atoms with Gasteiger partial charge in [-0.15, -0.1) is 0 Å². The molecule has 122 valence electrons. The van der Waals surface area contributed by atoms with Crippen molar-refractivity contribution in [3.63, 3.8) is 0 Å². The molecule has 0 spiro atoms. The van der Waals surface area contributed by atoms with Gasteiger partial charge in [0.25, 0.3) is 0 Å². The van der Waals surface area contributed by atoms with E-state index in [9.17, 15) is 4.79 Å². The molecule has 2 N–H and O–H groups in total. The minimum atomic E-state index is -0.158. The molecule has 1 aliphatic carbocycles. The Kier molecular flexibility index (Phi) is 6.70. The second-order valence-corrected chi connectivity index (χ2v) is 6.84. The SMILES string of the molecule is Cc1cc(Br)cc(C)c1NC(=O)NCCCOC1CCCC1. The Balaban J connectivity index is 1.67. The average Bonchev–Trinajstić information content (AvgIpc) is 2.95. The minimum absolute atomic E-state index is 0.158. The minimum Gasteiger partial charge on any atom is -0.378 e. The predicted molar refractivity (Wildman–Crippen MR) is 93.5 cm³/mol. The van der Waals surface area contributed by atoms with Crippen molar-refractivity contribution < 1.29 is 9.53 Å². The standard InChI is InChI=1S/C17H25BrN2O2/c1-12-10-14(18)11-13(2)16(12)20-17(21)19-8-5-9-22-15-6-3-4-7-15/h10-11,15H,3-9H2,1-2H3,(H2,19,20,21). The van der Waals surface area contributed by atoms with Gasteiger partial charge in [-0.25, -0.2) is 4.79 Å². The first kappa shape index (κ1) is 17.3. The van der Waals surface area contributed by atoms with E-state index in [-0.39, 0.29) is 6.03 Å². The lowest BCUT2D eigenvalue weighted by Crippen LogP contribution is -2.30. The molecule has 1 saturated carbocycles. The monoisotopic (exact) mass is 368 g/mol. The normalized spacial score (nSPS) is 15.0. The molecule has 4 nitrogen and oxygen atoms in total. The molecule has 1 aliphatic rings. The third kappa shape index (κ3) is 5.29. The number of carbonyl (C=O) groups excluding carboxylic acids is 1. The van der Waals surface area contributed by atoms with Crippen LogP contribution in [0, 0.1) is 13.8 Å². The molecule has 2 rings (SSSR count). The molecule has 5 heteroatoms. The van der Waals surface area contributed by atoms with Crippen molar-refractivity contribution in [2.45, 2.75) is 52.1 Å². The van der Waals surface area contributed by atoms with Crippen molar-refractivity contribution in [1.82, 2.24) is 5.32 Å². The van der Waals surface area contributed by atoms with Crippen LogP contribution in [0.25, 0.3) is 0 Å². The van der Waals surface area contributed by atoms with Crippen molar-refractivity contribution in [3.05, 3.63) is 27.7 Å². The summed E-state index contributed by atoms with van der Waals surface area (Å²) in [4.78, 5) is 11.9. The van der Waals surface area contributed by atoms with Crippen LogP contribution in [-0.4, -0.2) is 25.3 Å². The lowest BCUT2D eigenvalue weighted by molar-refractivity contribution is 0.0572. The average molecular weight is 369 g/mol.